The number of methoxy groups -OCH3 is 1. The molecule has 2 rings (SSSR count). The van der Waals surface area contributed by atoms with Crippen LogP contribution in [0, 0.1) is 0 Å². The van der Waals surface area contributed by atoms with Gasteiger partial charge in [-0.05, 0) is 28.1 Å². The molecule has 1 amide bonds. The molecule has 1 unspecified atom stereocenters. The third kappa shape index (κ3) is 2.06. The van der Waals surface area contributed by atoms with Crippen LogP contribution in [0.1, 0.15) is 6.42 Å². The molecule has 0 bridgehead atoms. The van der Waals surface area contributed by atoms with Crippen LogP contribution in [0.5, 0.6) is 5.75 Å². The third-order valence-corrected chi connectivity index (χ3v) is 3.70. The van der Waals surface area contributed by atoms with Gasteiger partial charge < -0.3 is 9.64 Å². The second kappa shape index (κ2) is 4.67. The molecular formula is C11H12BrNO2S. The first-order chi connectivity index (χ1) is 7.63. The third-order valence-electron chi connectivity index (χ3n) is 2.56. The molecule has 1 aliphatic rings. The number of halogens is 1. The van der Waals surface area contributed by atoms with Crippen LogP contribution in [0.2, 0.25) is 0 Å². The van der Waals surface area contributed by atoms with Crippen LogP contribution >= 0.6 is 28.6 Å². The Labute approximate surface area is 108 Å². The summed E-state index contributed by atoms with van der Waals surface area (Å²) in [6.07, 6.45) is 0.493. The standard InChI is InChI=1S/C11H12BrNO2S/c1-15-9-4-2-3-8(11(9)12)13-6-7(16)5-10(13)14/h2-4,7,16H,5-6H2,1H3. The van der Waals surface area contributed by atoms with Crippen molar-refractivity contribution in [3.05, 3.63) is 22.7 Å². The van der Waals surface area contributed by atoms with E-state index < -0.39 is 0 Å². The first-order valence-corrected chi connectivity index (χ1v) is 6.25. The lowest BCUT2D eigenvalue weighted by molar-refractivity contribution is -0.117. The lowest BCUT2D eigenvalue weighted by Crippen LogP contribution is -2.25. The normalized spacial score (nSPS) is 20.3. The molecule has 0 saturated carbocycles. The summed E-state index contributed by atoms with van der Waals surface area (Å²) in [6.45, 7) is 0.647. The molecule has 0 aliphatic carbocycles. The molecule has 0 radical (unpaired) electrons. The molecule has 1 aromatic carbocycles. The zero-order chi connectivity index (χ0) is 11.7. The van der Waals surface area contributed by atoms with Crippen LogP contribution < -0.4 is 9.64 Å². The Morgan fingerprint density at radius 1 is 1.56 bits per heavy atom. The highest BCUT2D eigenvalue weighted by Gasteiger charge is 2.29. The molecular weight excluding hydrogens is 290 g/mol. The Morgan fingerprint density at radius 2 is 2.31 bits per heavy atom. The number of hydrogen-bond acceptors (Lipinski definition) is 3. The number of carbonyl (C=O) groups is 1. The van der Waals surface area contributed by atoms with E-state index >= 15 is 0 Å². The summed E-state index contributed by atoms with van der Waals surface area (Å²) in [5.74, 6) is 0.835. The molecule has 1 aromatic rings. The average molecular weight is 302 g/mol. The largest absolute Gasteiger partial charge is 0.495 e. The Hall–Kier alpha value is -0.680. The molecule has 0 spiro atoms. The van der Waals surface area contributed by atoms with E-state index in [1.54, 1.807) is 12.0 Å². The number of thiol groups is 1. The Bertz CT molecular complexity index is 424. The fraction of sp³-hybridized carbons (Fsp3) is 0.364. The van der Waals surface area contributed by atoms with E-state index in [4.69, 9.17) is 4.74 Å². The number of nitrogens with zero attached hydrogens (tertiary/aromatic N) is 1. The summed E-state index contributed by atoms with van der Waals surface area (Å²) in [4.78, 5) is 13.5. The van der Waals surface area contributed by atoms with E-state index in [1.165, 1.54) is 0 Å². The first kappa shape index (κ1) is 11.8. The summed E-state index contributed by atoms with van der Waals surface area (Å²) in [7, 11) is 1.61. The minimum absolute atomic E-state index is 0.106. The van der Waals surface area contributed by atoms with Crippen molar-refractivity contribution in [3.8, 4) is 5.75 Å². The predicted octanol–water partition coefficient (Wildman–Crippen LogP) is 2.49. The number of carbonyl (C=O) groups excluding carboxylic acids is 1. The predicted molar refractivity (Wildman–Crippen MR) is 70.4 cm³/mol. The van der Waals surface area contributed by atoms with Gasteiger partial charge in [-0.1, -0.05) is 6.07 Å². The van der Waals surface area contributed by atoms with Crippen molar-refractivity contribution in [2.45, 2.75) is 11.7 Å². The van der Waals surface area contributed by atoms with Crippen molar-refractivity contribution >= 4 is 40.2 Å². The summed E-state index contributed by atoms with van der Waals surface area (Å²) >= 11 is 7.79. The van der Waals surface area contributed by atoms with Crippen LogP contribution in [0.15, 0.2) is 22.7 Å². The van der Waals surface area contributed by atoms with E-state index in [0.29, 0.717) is 13.0 Å². The lowest BCUT2D eigenvalue weighted by Gasteiger charge is -2.19. The number of amides is 1. The summed E-state index contributed by atoms with van der Waals surface area (Å²) in [5, 5.41) is 0.116. The van der Waals surface area contributed by atoms with Gasteiger partial charge in [-0.25, -0.2) is 0 Å². The average Bonchev–Trinajstić information content (AvgIpc) is 2.58. The minimum Gasteiger partial charge on any atom is -0.495 e. The number of hydrogen-bond donors (Lipinski definition) is 1. The maximum Gasteiger partial charge on any atom is 0.228 e. The Kier molecular flexibility index (Phi) is 3.44. The maximum absolute atomic E-state index is 11.8. The minimum atomic E-state index is 0.106. The summed E-state index contributed by atoms with van der Waals surface area (Å²) in [5.41, 5.74) is 0.848. The zero-order valence-electron chi connectivity index (χ0n) is 8.81. The van der Waals surface area contributed by atoms with Gasteiger partial charge in [-0.3, -0.25) is 4.79 Å². The van der Waals surface area contributed by atoms with Crippen LogP contribution in [-0.4, -0.2) is 24.8 Å². The summed E-state index contributed by atoms with van der Waals surface area (Å²) < 4.78 is 6.02. The highest BCUT2D eigenvalue weighted by molar-refractivity contribution is 9.10. The van der Waals surface area contributed by atoms with Gasteiger partial charge in [0.05, 0.1) is 17.3 Å². The van der Waals surface area contributed by atoms with Crippen LogP contribution in [0.4, 0.5) is 5.69 Å². The number of rotatable bonds is 2. The van der Waals surface area contributed by atoms with E-state index in [2.05, 4.69) is 28.6 Å². The van der Waals surface area contributed by atoms with Crippen LogP contribution in [0.25, 0.3) is 0 Å². The Morgan fingerprint density at radius 3 is 2.88 bits per heavy atom. The second-order valence-corrected chi connectivity index (χ2v) is 5.18. The quantitative estimate of drug-likeness (QED) is 0.851. The molecule has 3 nitrogen and oxygen atoms in total. The van der Waals surface area contributed by atoms with Crippen molar-refractivity contribution < 1.29 is 9.53 Å². The number of ether oxygens (including phenoxy) is 1. The molecule has 16 heavy (non-hydrogen) atoms. The second-order valence-electron chi connectivity index (χ2n) is 3.66. The highest BCUT2D eigenvalue weighted by atomic mass is 79.9. The van der Waals surface area contributed by atoms with Crippen molar-refractivity contribution in [2.75, 3.05) is 18.6 Å². The van der Waals surface area contributed by atoms with E-state index in [0.717, 1.165) is 15.9 Å². The number of anilines is 1. The molecule has 1 heterocycles. The number of benzene rings is 1. The van der Waals surface area contributed by atoms with E-state index in [1.807, 2.05) is 18.2 Å². The van der Waals surface area contributed by atoms with Crippen LogP contribution in [0.3, 0.4) is 0 Å². The van der Waals surface area contributed by atoms with E-state index in [-0.39, 0.29) is 11.2 Å². The summed E-state index contributed by atoms with van der Waals surface area (Å²) in [6, 6.07) is 5.63. The maximum atomic E-state index is 11.8. The van der Waals surface area contributed by atoms with Gasteiger partial charge >= 0.3 is 0 Å². The monoisotopic (exact) mass is 301 g/mol. The van der Waals surface area contributed by atoms with E-state index in [9.17, 15) is 4.79 Å². The van der Waals surface area contributed by atoms with Gasteiger partial charge in [-0.15, -0.1) is 0 Å². The van der Waals surface area contributed by atoms with Gasteiger partial charge in [0.15, 0.2) is 0 Å². The van der Waals surface area contributed by atoms with Crippen molar-refractivity contribution in [2.24, 2.45) is 0 Å². The molecule has 1 aliphatic heterocycles. The fourth-order valence-electron chi connectivity index (χ4n) is 1.79. The first-order valence-electron chi connectivity index (χ1n) is 4.94. The van der Waals surface area contributed by atoms with Crippen molar-refractivity contribution in [1.29, 1.82) is 0 Å². The molecule has 5 heteroatoms. The molecule has 86 valence electrons. The smallest absolute Gasteiger partial charge is 0.228 e. The fourth-order valence-corrected chi connectivity index (χ4v) is 2.75. The van der Waals surface area contributed by atoms with Gasteiger partial charge in [0.25, 0.3) is 0 Å². The van der Waals surface area contributed by atoms with Gasteiger partial charge in [0.1, 0.15) is 5.75 Å². The van der Waals surface area contributed by atoms with Crippen molar-refractivity contribution in [1.82, 2.24) is 0 Å². The van der Waals surface area contributed by atoms with Gasteiger partial charge in [-0.2, -0.15) is 12.6 Å². The van der Waals surface area contributed by atoms with Gasteiger partial charge in [0.2, 0.25) is 5.91 Å². The highest BCUT2D eigenvalue weighted by Crippen LogP contribution is 2.36. The molecule has 1 atom stereocenters. The molecule has 1 fully saturated rings. The Balaban J connectivity index is 2.37. The SMILES string of the molecule is COc1cccc(N2CC(S)CC2=O)c1Br. The topological polar surface area (TPSA) is 29.5 Å². The zero-order valence-corrected chi connectivity index (χ0v) is 11.3. The molecule has 1 saturated heterocycles. The van der Waals surface area contributed by atoms with Crippen molar-refractivity contribution in [3.63, 3.8) is 0 Å². The van der Waals surface area contributed by atoms with Crippen LogP contribution in [-0.2, 0) is 4.79 Å². The van der Waals surface area contributed by atoms with Gasteiger partial charge in [0, 0.05) is 18.2 Å². The molecule has 0 N–H and O–H groups in total. The lowest BCUT2D eigenvalue weighted by atomic mass is 10.3. The molecule has 0 aromatic heterocycles.